The number of pyridine rings is 1. The number of aromatic nitrogens is 1. The second kappa shape index (κ2) is 5.12. The molecule has 3 nitrogen and oxygen atoms in total. The summed E-state index contributed by atoms with van der Waals surface area (Å²) in [5, 5.41) is 7.01. The summed E-state index contributed by atoms with van der Waals surface area (Å²) in [5.74, 6) is 0. The van der Waals surface area contributed by atoms with Gasteiger partial charge in [0, 0.05) is 30.2 Å². The molecule has 1 fully saturated rings. The second-order valence-electron chi connectivity index (χ2n) is 4.23. The molecule has 1 aromatic rings. The van der Waals surface area contributed by atoms with E-state index in [-0.39, 0.29) is 0 Å². The SMILES string of the molecule is Cc1cc(NC2CCCCNC2)ccn1. The average Bonchev–Trinajstić information content (AvgIpc) is 2.46. The van der Waals surface area contributed by atoms with Gasteiger partial charge in [-0.25, -0.2) is 0 Å². The van der Waals surface area contributed by atoms with Crippen LogP contribution in [0.4, 0.5) is 5.69 Å². The summed E-state index contributed by atoms with van der Waals surface area (Å²) in [4.78, 5) is 4.20. The Morgan fingerprint density at radius 1 is 1.47 bits per heavy atom. The first-order valence-corrected chi connectivity index (χ1v) is 5.74. The monoisotopic (exact) mass is 205 g/mol. The minimum absolute atomic E-state index is 0.564. The summed E-state index contributed by atoms with van der Waals surface area (Å²) in [6, 6.07) is 4.71. The van der Waals surface area contributed by atoms with Crippen molar-refractivity contribution in [3.05, 3.63) is 24.0 Å². The average molecular weight is 205 g/mol. The predicted molar refractivity (Wildman–Crippen MR) is 63.1 cm³/mol. The van der Waals surface area contributed by atoms with Gasteiger partial charge in [-0.05, 0) is 38.4 Å². The molecule has 15 heavy (non-hydrogen) atoms. The molecular formula is C12H19N3. The molecular weight excluding hydrogens is 186 g/mol. The predicted octanol–water partition coefficient (Wildman–Crippen LogP) is 1.94. The van der Waals surface area contributed by atoms with Gasteiger partial charge < -0.3 is 10.6 Å². The molecule has 1 atom stereocenters. The van der Waals surface area contributed by atoms with Gasteiger partial charge in [-0.1, -0.05) is 6.42 Å². The molecule has 3 heteroatoms. The third-order valence-electron chi connectivity index (χ3n) is 2.81. The van der Waals surface area contributed by atoms with Crippen LogP contribution in [0.15, 0.2) is 18.3 Å². The van der Waals surface area contributed by atoms with Crippen LogP contribution in [0.5, 0.6) is 0 Å². The maximum atomic E-state index is 4.20. The van der Waals surface area contributed by atoms with Gasteiger partial charge in [-0.3, -0.25) is 4.98 Å². The highest BCUT2D eigenvalue weighted by molar-refractivity contribution is 5.43. The molecule has 2 N–H and O–H groups in total. The van der Waals surface area contributed by atoms with E-state index < -0.39 is 0 Å². The Morgan fingerprint density at radius 3 is 3.27 bits per heavy atom. The zero-order valence-electron chi connectivity index (χ0n) is 9.29. The first-order valence-electron chi connectivity index (χ1n) is 5.74. The Kier molecular flexibility index (Phi) is 3.56. The zero-order valence-corrected chi connectivity index (χ0v) is 9.29. The van der Waals surface area contributed by atoms with Crippen LogP contribution in [-0.4, -0.2) is 24.1 Å². The molecule has 1 saturated heterocycles. The Morgan fingerprint density at radius 2 is 2.40 bits per heavy atom. The number of nitrogens with zero attached hydrogens (tertiary/aromatic N) is 1. The van der Waals surface area contributed by atoms with E-state index in [2.05, 4.69) is 21.7 Å². The fourth-order valence-corrected chi connectivity index (χ4v) is 2.01. The van der Waals surface area contributed by atoms with Crippen LogP contribution in [0.1, 0.15) is 25.0 Å². The number of nitrogens with one attached hydrogen (secondary N) is 2. The van der Waals surface area contributed by atoms with Crippen molar-refractivity contribution in [3.63, 3.8) is 0 Å². The second-order valence-corrected chi connectivity index (χ2v) is 4.23. The van der Waals surface area contributed by atoms with Crippen molar-refractivity contribution in [3.8, 4) is 0 Å². The van der Waals surface area contributed by atoms with E-state index in [4.69, 9.17) is 0 Å². The highest BCUT2D eigenvalue weighted by Gasteiger charge is 2.10. The molecule has 0 amide bonds. The third-order valence-corrected chi connectivity index (χ3v) is 2.81. The van der Waals surface area contributed by atoms with E-state index in [9.17, 15) is 0 Å². The van der Waals surface area contributed by atoms with Crippen LogP contribution in [-0.2, 0) is 0 Å². The Balaban J connectivity index is 1.95. The van der Waals surface area contributed by atoms with E-state index in [1.807, 2.05) is 19.2 Å². The molecule has 1 aliphatic rings. The lowest BCUT2D eigenvalue weighted by atomic mass is 10.1. The van der Waals surface area contributed by atoms with Crippen LogP contribution in [0.3, 0.4) is 0 Å². The van der Waals surface area contributed by atoms with Crippen molar-refractivity contribution < 1.29 is 0 Å². The van der Waals surface area contributed by atoms with Gasteiger partial charge >= 0.3 is 0 Å². The van der Waals surface area contributed by atoms with Gasteiger partial charge in [-0.2, -0.15) is 0 Å². The number of hydrogen-bond donors (Lipinski definition) is 2. The van der Waals surface area contributed by atoms with Gasteiger partial charge in [0.15, 0.2) is 0 Å². The number of anilines is 1. The van der Waals surface area contributed by atoms with Crippen molar-refractivity contribution in [2.45, 2.75) is 32.2 Å². The Bertz CT molecular complexity index is 303. The van der Waals surface area contributed by atoms with E-state index in [0.717, 1.165) is 18.8 Å². The maximum Gasteiger partial charge on any atom is 0.0393 e. The molecule has 82 valence electrons. The number of aryl methyl sites for hydroxylation is 1. The van der Waals surface area contributed by atoms with Gasteiger partial charge in [0.2, 0.25) is 0 Å². The molecule has 1 aromatic heterocycles. The van der Waals surface area contributed by atoms with Crippen molar-refractivity contribution in [1.82, 2.24) is 10.3 Å². The van der Waals surface area contributed by atoms with E-state index >= 15 is 0 Å². The van der Waals surface area contributed by atoms with Crippen LogP contribution >= 0.6 is 0 Å². The lowest BCUT2D eigenvalue weighted by Gasteiger charge is -2.17. The van der Waals surface area contributed by atoms with Crippen LogP contribution in [0.25, 0.3) is 0 Å². The molecule has 0 radical (unpaired) electrons. The van der Waals surface area contributed by atoms with Gasteiger partial charge in [0.25, 0.3) is 0 Å². The zero-order chi connectivity index (χ0) is 10.5. The van der Waals surface area contributed by atoms with Crippen LogP contribution < -0.4 is 10.6 Å². The van der Waals surface area contributed by atoms with E-state index in [0.29, 0.717) is 6.04 Å². The van der Waals surface area contributed by atoms with Crippen LogP contribution in [0.2, 0.25) is 0 Å². The lowest BCUT2D eigenvalue weighted by molar-refractivity contribution is 0.636. The molecule has 0 saturated carbocycles. The standard InChI is InChI=1S/C12H19N3/c1-10-8-11(5-7-14-10)15-12-4-2-3-6-13-9-12/h5,7-8,12-13H,2-4,6,9H2,1H3,(H,14,15). The van der Waals surface area contributed by atoms with Gasteiger partial charge in [0.05, 0.1) is 0 Å². The van der Waals surface area contributed by atoms with Gasteiger partial charge in [-0.15, -0.1) is 0 Å². The van der Waals surface area contributed by atoms with Crippen molar-refractivity contribution in [1.29, 1.82) is 0 Å². The summed E-state index contributed by atoms with van der Waals surface area (Å²) in [6.45, 7) is 4.26. The third kappa shape index (κ3) is 3.20. The van der Waals surface area contributed by atoms with Crippen molar-refractivity contribution in [2.24, 2.45) is 0 Å². The lowest BCUT2D eigenvalue weighted by Crippen LogP contribution is -2.30. The molecule has 2 heterocycles. The fourth-order valence-electron chi connectivity index (χ4n) is 2.01. The summed E-state index contributed by atoms with van der Waals surface area (Å²) in [5.41, 5.74) is 2.26. The Hall–Kier alpha value is -1.09. The van der Waals surface area contributed by atoms with Crippen molar-refractivity contribution in [2.75, 3.05) is 18.4 Å². The summed E-state index contributed by atoms with van der Waals surface area (Å²) in [6.07, 6.45) is 5.73. The summed E-state index contributed by atoms with van der Waals surface area (Å²) in [7, 11) is 0. The number of hydrogen-bond acceptors (Lipinski definition) is 3. The quantitative estimate of drug-likeness (QED) is 0.775. The number of rotatable bonds is 2. The highest BCUT2D eigenvalue weighted by atomic mass is 15.0. The molecule has 0 aliphatic carbocycles. The first-order chi connectivity index (χ1) is 7.34. The first kappa shape index (κ1) is 10.4. The van der Waals surface area contributed by atoms with Crippen LogP contribution in [0, 0.1) is 6.92 Å². The minimum atomic E-state index is 0.564. The topological polar surface area (TPSA) is 37.0 Å². The minimum Gasteiger partial charge on any atom is -0.381 e. The van der Waals surface area contributed by atoms with E-state index in [1.165, 1.54) is 24.9 Å². The smallest absolute Gasteiger partial charge is 0.0393 e. The van der Waals surface area contributed by atoms with Crippen molar-refractivity contribution >= 4 is 5.69 Å². The summed E-state index contributed by atoms with van der Waals surface area (Å²) < 4.78 is 0. The molecule has 0 spiro atoms. The molecule has 2 rings (SSSR count). The fraction of sp³-hybridized carbons (Fsp3) is 0.583. The van der Waals surface area contributed by atoms with E-state index in [1.54, 1.807) is 0 Å². The molecule has 0 aromatic carbocycles. The highest BCUT2D eigenvalue weighted by Crippen LogP contribution is 2.13. The normalized spacial score (nSPS) is 22.1. The molecule has 0 bridgehead atoms. The largest absolute Gasteiger partial charge is 0.381 e. The van der Waals surface area contributed by atoms with Gasteiger partial charge in [0.1, 0.15) is 0 Å². The maximum absolute atomic E-state index is 4.20. The summed E-state index contributed by atoms with van der Waals surface area (Å²) >= 11 is 0. The Labute approximate surface area is 91.3 Å². The molecule has 1 aliphatic heterocycles. The molecule has 1 unspecified atom stereocenters.